The quantitative estimate of drug-likeness (QED) is 0.821. The molecule has 2 atom stereocenters. The second kappa shape index (κ2) is 7.84. The number of nitrogens with one attached hydrogen (secondary N) is 1. The van der Waals surface area contributed by atoms with Crippen LogP contribution in [0.4, 0.5) is 0 Å². The maximum absolute atomic E-state index is 12.7. The van der Waals surface area contributed by atoms with E-state index in [0.717, 1.165) is 25.7 Å². The molecule has 1 saturated carbocycles. The number of hydrogen-bond donors (Lipinski definition) is 2. The molecule has 2 fully saturated rings. The maximum Gasteiger partial charge on any atom is 0.320 e. The van der Waals surface area contributed by atoms with E-state index in [-0.39, 0.29) is 36.3 Å². The Bertz CT molecular complexity index is 430. The summed E-state index contributed by atoms with van der Waals surface area (Å²) in [6.07, 6.45) is 4.83. The SMILES string of the molecule is CC(C)C(=O)N(C1CCC(C)(C)CC1)[C@@H]1CN[C@H](C(=O)O)C1.Cl. The molecule has 23 heavy (non-hydrogen) atoms. The van der Waals surface area contributed by atoms with E-state index in [1.165, 1.54) is 0 Å². The van der Waals surface area contributed by atoms with Gasteiger partial charge in [0.1, 0.15) is 6.04 Å². The minimum absolute atomic E-state index is 0. The van der Waals surface area contributed by atoms with Gasteiger partial charge < -0.3 is 15.3 Å². The van der Waals surface area contributed by atoms with Crippen LogP contribution in [-0.4, -0.2) is 46.6 Å². The molecule has 1 aliphatic heterocycles. The Kier molecular flexibility index (Phi) is 6.90. The van der Waals surface area contributed by atoms with E-state index in [1.54, 1.807) is 0 Å². The van der Waals surface area contributed by atoms with Gasteiger partial charge in [0.15, 0.2) is 0 Å². The molecular formula is C17H31ClN2O3. The van der Waals surface area contributed by atoms with Crippen molar-refractivity contribution in [3.05, 3.63) is 0 Å². The number of hydrogen-bond acceptors (Lipinski definition) is 3. The summed E-state index contributed by atoms with van der Waals surface area (Å²) in [7, 11) is 0. The van der Waals surface area contributed by atoms with Crippen LogP contribution in [0.2, 0.25) is 0 Å². The Morgan fingerprint density at radius 1 is 1.17 bits per heavy atom. The van der Waals surface area contributed by atoms with Crippen LogP contribution in [0.1, 0.15) is 59.8 Å². The van der Waals surface area contributed by atoms with Crippen LogP contribution in [-0.2, 0) is 9.59 Å². The number of carbonyl (C=O) groups excluding carboxylic acids is 1. The zero-order valence-electron chi connectivity index (χ0n) is 14.7. The van der Waals surface area contributed by atoms with Gasteiger partial charge in [0.05, 0.1) is 0 Å². The van der Waals surface area contributed by atoms with Crippen LogP contribution in [0.25, 0.3) is 0 Å². The third kappa shape index (κ3) is 4.83. The van der Waals surface area contributed by atoms with Crippen LogP contribution in [0.3, 0.4) is 0 Å². The van der Waals surface area contributed by atoms with E-state index >= 15 is 0 Å². The fourth-order valence-corrected chi connectivity index (χ4v) is 3.74. The number of carbonyl (C=O) groups is 2. The zero-order chi connectivity index (χ0) is 16.5. The molecule has 0 aromatic rings. The second-order valence-corrected chi connectivity index (χ2v) is 7.98. The van der Waals surface area contributed by atoms with Crippen molar-refractivity contribution in [2.45, 2.75) is 77.9 Å². The highest BCUT2D eigenvalue weighted by molar-refractivity contribution is 5.85. The van der Waals surface area contributed by atoms with Crippen LogP contribution in [0, 0.1) is 11.3 Å². The van der Waals surface area contributed by atoms with Crippen molar-refractivity contribution in [2.75, 3.05) is 6.54 Å². The van der Waals surface area contributed by atoms with Gasteiger partial charge in [-0.15, -0.1) is 12.4 Å². The normalized spacial score (nSPS) is 27.5. The Labute approximate surface area is 145 Å². The average Bonchev–Trinajstić information content (AvgIpc) is 2.90. The van der Waals surface area contributed by atoms with E-state index in [9.17, 15) is 14.7 Å². The van der Waals surface area contributed by atoms with Gasteiger partial charge in [-0.05, 0) is 37.5 Å². The number of amides is 1. The van der Waals surface area contributed by atoms with Crippen molar-refractivity contribution in [3.63, 3.8) is 0 Å². The number of carboxylic acid groups (broad SMARTS) is 1. The van der Waals surface area contributed by atoms with E-state index in [2.05, 4.69) is 19.2 Å². The summed E-state index contributed by atoms with van der Waals surface area (Å²) >= 11 is 0. The van der Waals surface area contributed by atoms with Crippen molar-refractivity contribution in [1.29, 1.82) is 0 Å². The first kappa shape index (κ1) is 20.2. The predicted molar refractivity (Wildman–Crippen MR) is 92.8 cm³/mol. The molecule has 1 saturated heterocycles. The lowest BCUT2D eigenvalue weighted by atomic mass is 9.75. The topological polar surface area (TPSA) is 69.6 Å². The Morgan fingerprint density at radius 3 is 2.17 bits per heavy atom. The van der Waals surface area contributed by atoms with Crippen LogP contribution >= 0.6 is 12.4 Å². The van der Waals surface area contributed by atoms with E-state index < -0.39 is 12.0 Å². The molecule has 0 spiro atoms. The van der Waals surface area contributed by atoms with Crippen molar-refractivity contribution in [3.8, 4) is 0 Å². The summed E-state index contributed by atoms with van der Waals surface area (Å²) in [6, 6.07) is -0.239. The molecule has 1 heterocycles. The summed E-state index contributed by atoms with van der Waals surface area (Å²) < 4.78 is 0. The van der Waals surface area contributed by atoms with Crippen LogP contribution in [0.5, 0.6) is 0 Å². The molecule has 1 amide bonds. The van der Waals surface area contributed by atoms with Gasteiger partial charge in [-0.1, -0.05) is 27.7 Å². The van der Waals surface area contributed by atoms with Gasteiger partial charge in [-0.2, -0.15) is 0 Å². The first-order chi connectivity index (χ1) is 10.2. The van der Waals surface area contributed by atoms with Crippen molar-refractivity contribution in [1.82, 2.24) is 10.2 Å². The van der Waals surface area contributed by atoms with Gasteiger partial charge in [0.25, 0.3) is 0 Å². The van der Waals surface area contributed by atoms with E-state index in [1.807, 2.05) is 18.7 Å². The summed E-state index contributed by atoms with van der Waals surface area (Å²) in [4.78, 5) is 25.9. The highest BCUT2D eigenvalue weighted by Gasteiger charge is 2.40. The standard InChI is InChI=1S/C17H30N2O3.ClH/c1-11(2)15(20)19(12-5-7-17(3,4)8-6-12)13-9-14(16(21)22)18-10-13;/h11-14,18H,5-10H2,1-4H3,(H,21,22);1H/t13-,14-;/m0./s1. The monoisotopic (exact) mass is 346 g/mol. The van der Waals surface area contributed by atoms with Gasteiger partial charge in [0, 0.05) is 24.5 Å². The Morgan fingerprint density at radius 2 is 1.74 bits per heavy atom. The van der Waals surface area contributed by atoms with E-state index in [0.29, 0.717) is 18.4 Å². The Balaban J connectivity index is 0.00000264. The number of halogens is 1. The largest absolute Gasteiger partial charge is 0.480 e. The summed E-state index contributed by atoms with van der Waals surface area (Å²) in [6.45, 7) is 9.03. The molecule has 0 bridgehead atoms. The van der Waals surface area contributed by atoms with Gasteiger partial charge >= 0.3 is 5.97 Å². The molecule has 1 aliphatic carbocycles. The molecule has 2 aliphatic rings. The smallest absolute Gasteiger partial charge is 0.320 e. The molecule has 2 rings (SSSR count). The maximum atomic E-state index is 12.7. The average molecular weight is 347 g/mol. The minimum atomic E-state index is -0.816. The highest BCUT2D eigenvalue weighted by atomic mass is 35.5. The van der Waals surface area contributed by atoms with Crippen molar-refractivity contribution < 1.29 is 14.7 Å². The van der Waals surface area contributed by atoms with Crippen molar-refractivity contribution in [2.24, 2.45) is 11.3 Å². The first-order valence-electron chi connectivity index (χ1n) is 8.49. The molecule has 0 aromatic heterocycles. The molecule has 0 radical (unpaired) electrons. The van der Waals surface area contributed by atoms with Gasteiger partial charge in [-0.25, -0.2) is 0 Å². The lowest BCUT2D eigenvalue weighted by Crippen LogP contribution is -2.51. The molecule has 0 aromatic carbocycles. The Hall–Kier alpha value is -0.810. The summed E-state index contributed by atoms with van der Waals surface area (Å²) in [5.74, 6) is -0.689. The number of nitrogens with zero attached hydrogens (tertiary/aromatic N) is 1. The van der Waals surface area contributed by atoms with Gasteiger partial charge in [-0.3, -0.25) is 9.59 Å². The fraction of sp³-hybridized carbons (Fsp3) is 0.882. The van der Waals surface area contributed by atoms with Crippen LogP contribution < -0.4 is 5.32 Å². The lowest BCUT2D eigenvalue weighted by molar-refractivity contribution is -0.142. The molecule has 6 heteroatoms. The van der Waals surface area contributed by atoms with E-state index in [4.69, 9.17) is 0 Å². The number of carboxylic acids is 1. The second-order valence-electron chi connectivity index (χ2n) is 7.98. The molecule has 2 N–H and O–H groups in total. The lowest BCUT2D eigenvalue weighted by Gasteiger charge is -2.43. The van der Waals surface area contributed by atoms with Gasteiger partial charge in [0.2, 0.25) is 5.91 Å². The molecule has 134 valence electrons. The highest BCUT2D eigenvalue weighted by Crippen LogP contribution is 2.38. The first-order valence-corrected chi connectivity index (χ1v) is 8.49. The number of aliphatic carboxylic acids is 1. The third-order valence-electron chi connectivity index (χ3n) is 5.25. The summed E-state index contributed by atoms with van der Waals surface area (Å²) in [5, 5.41) is 12.2. The van der Waals surface area contributed by atoms with Crippen LogP contribution in [0.15, 0.2) is 0 Å². The predicted octanol–water partition coefficient (Wildman–Crippen LogP) is 2.68. The summed E-state index contributed by atoms with van der Waals surface area (Å²) in [5.41, 5.74) is 0.362. The number of rotatable bonds is 4. The fourth-order valence-electron chi connectivity index (χ4n) is 3.74. The molecule has 0 unspecified atom stereocenters. The molecule has 5 nitrogen and oxygen atoms in total. The zero-order valence-corrected chi connectivity index (χ0v) is 15.5. The van der Waals surface area contributed by atoms with Crippen molar-refractivity contribution >= 4 is 24.3 Å². The third-order valence-corrected chi connectivity index (χ3v) is 5.25. The molecular weight excluding hydrogens is 316 g/mol. The minimum Gasteiger partial charge on any atom is -0.480 e.